The minimum absolute atomic E-state index is 0.185. The largest absolute Gasteiger partial charge is 0.358 e. The lowest BCUT2D eigenvalue weighted by Gasteiger charge is -2.09. The first-order valence-electron chi connectivity index (χ1n) is 8.51. The fourth-order valence-corrected chi connectivity index (χ4v) is 2.35. The summed E-state index contributed by atoms with van der Waals surface area (Å²) in [5.41, 5.74) is 2.82. The van der Waals surface area contributed by atoms with Crippen molar-refractivity contribution < 1.29 is 4.79 Å². The molecule has 8 heteroatoms. The monoisotopic (exact) mass is 361 g/mol. The maximum absolute atomic E-state index is 11.0. The Morgan fingerprint density at radius 2 is 1.67 bits per heavy atom. The van der Waals surface area contributed by atoms with Crippen molar-refractivity contribution in [3.05, 3.63) is 55.0 Å². The predicted octanol–water partition coefficient (Wildman–Crippen LogP) is 3.08. The Hall–Kier alpha value is -3.55. The zero-order chi connectivity index (χ0) is 19.1. The van der Waals surface area contributed by atoms with Crippen LogP contribution in [0.1, 0.15) is 26.2 Å². The molecule has 27 heavy (non-hydrogen) atoms. The minimum Gasteiger partial charge on any atom is -0.358 e. The van der Waals surface area contributed by atoms with Crippen LogP contribution in [0, 0.1) is 0 Å². The molecule has 0 amide bonds. The number of Topliss-reactive ketones (excluding diaryl/α,β-unsaturated/α-hetero) is 1. The summed E-state index contributed by atoms with van der Waals surface area (Å²) >= 11 is 0. The highest BCUT2D eigenvalue weighted by Gasteiger charge is 2.08. The van der Waals surface area contributed by atoms with Gasteiger partial charge in [-0.05, 0) is 44.0 Å². The zero-order valence-electron chi connectivity index (χ0n) is 15.0. The molecule has 136 valence electrons. The van der Waals surface area contributed by atoms with Gasteiger partial charge in [0.15, 0.2) is 0 Å². The van der Waals surface area contributed by atoms with Gasteiger partial charge in [0.25, 0.3) is 0 Å². The molecule has 1 N–H and O–H groups in total. The molecule has 0 bridgehead atoms. The molecule has 0 fully saturated rings. The van der Waals surface area contributed by atoms with Gasteiger partial charge in [-0.15, -0.1) is 20.4 Å². The zero-order valence-corrected chi connectivity index (χ0v) is 15.0. The van der Waals surface area contributed by atoms with E-state index in [-0.39, 0.29) is 5.78 Å². The van der Waals surface area contributed by atoms with Crippen molar-refractivity contribution in [2.45, 2.75) is 26.2 Å². The van der Waals surface area contributed by atoms with E-state index in [1.54, 1.807) is 31.5 Å². The third-order valence-corrected chi connectivity index (χ3v) is 3.69. The molecule has 0 aliphatic rings. The van der Waals surface area contributed by atoms with Crippen molar-refractivity contribution in [1.82, 2.24) is 30.4 Å². The summed E-state index contributed by atoms with van der Waals surface area (Å²) in [5.74, 6) is 0.881. The van der Waals surface area contributed by atoms with Crippen LogP contribution in [0.25, 0.3) is 23.0 Å². The van der Waals surface area contributed by atoms with Crippen LogP contribution in [0.2, 0.25) is 0 Å². The molecule has 3 aromatic rings. The molecule has 0 saturated carbocycles. The van der Waals surface area contributed by atoms with Crippen molar-refractivity contribution in [3.8, 4) is 23.0 Å². The van der Waals surface area contributed by atoms with E-state index in [1.807, 2.05) is 18.2 Å². The van der Waals surface area contributed by atoms with Gasteiger partial charge in [0.1, 0.15) is 17.2 Å². The van der Waals surface area contributed by atoms with Crippen LogP contribution in [-0.4, -0.2) is 36.1 Å². The van der Waals surface area contributed by atoms with Crippen LogP contribution in [0.3, 0.4) is 0 Å². The third kappa shape index (κ3) is 5.21. The SMILES string of the molecule is C=C(CCCC(C)=O)Nc1ccc(-c2nnc(-c3ccccn3)nn2)nc1. The molecule has 0 radical (unpaired) electrons. The van der Waals surface area contributed by atoms with E-state index in [9.17, 15) is 4.79 Å². The van der Waals surface area contributed by atoms with Crippen molar-refractivity contribution in [3.63, 3.8) is 0 Å². The Balaban J connectivity index is 1.61. The molecule has 3 aromatic heterocycles. The molecule has 0 aliphatic carbocycles. The van der Waals surface area contributed by atoms with Crippen LogP contribution in [0.4, 0.5) is 5.69 Å². The van der Waals surface area contributed by atoms with E-state index in [0.717, 1.165) is 24.2 Å². The van der Waals surface area contributed by atoms with Crippen LogP contribution < -0.4 is 5.32 Å². The molecule has 8 nitrogen and oxygen atoms in total. The van der Waals surface area contributed by atoms with Gasteiger partial charge < -0.3 is 10.1 Å². The Labute approximate surface area is 156 Å². The highest BCUT2D eigenvalue weighted by molar-refractivity contribution is 5.75. The first-order chi connectivity index (χ1) is 13.1. The van der Waals surface area contributed by atoms with E-state index in [4.69, 9.17) is 0 Å². The van der Waals surface area contributed by atoms with Crippen molar-refractivity contribution in [1.29, 1.82) is 0 Å². The van der Waals surface area contributed by atoms with E-state index in [2.05, 4.69) is 42.3 Å². The number of anilines is 1. The number of hydrogen-bond acceptors (Lipinski definition) is 8. The van der Waals surface area contributed by atoms with Crippen LogP contribution in [0.5, 0.6) is 0 Å². The number of nitrogens with zero attached hydrogens (tertiary/aromatic N) is 6. The van der Waals surface area contributed by atoms with Gasteiger partial charge in [-0.2, -0.15) is 0 Å². The van der Waals surface area contributed by atoms with Crippen LogP contribution >= 0.6 is 0 Å². The fraction of sp³-hybridized carbons (Fsp3) is 0.211. The standard InChI is InChI=1S/C19H19N7O/c1-13(6-5-7-14(2)27)22-15-9-10-17(21-12-15)19-25-23-18(24-26-19)16-8-3-4-11-20-16/h3-4,8-12,22H,1,5-7H2,2H3. The molecule has 0 aromatic carbocycles. The third-order valence-electron chi connectivity index (χ3n) is 3.69. The van der Waals surface area contributed by atoms with Gasteiger partial charge >= 0.3 is 0 Å². The Morgan fingerprint density at radius 3 is 2.22 bits per heavy atom. The van der Waals surface area contributed by atoms with Gasteiger partial charge in [0.05, 0.1) is 11.9 Å². The van der Waals surface area contributed by atoms with Gasteiger partial charge in [-0.3, -0.25) is 9.97 Å². The highest BCUT2D eigenvalue weighted by atomic mass is 16.1. The number of carbonyl (C=O) groups is 1. The molecule has 3 heterocycles. The highest BCUT2D eigenvalue weighted by Crippen LogP contribution is 2.17. The fourth-order valence-electron chi connectivity index (χ4n) is 2.35. The van der Waals surface area contributed by atoms with Crippen LogP contribution in [0.15, 0.2) is 55.0 Å². The average molecular weight is 361 g/mol. The number of hydrogen-bond donors (Lipinski definition) is 1. The lowest BCUT2D eigenvalue weighted by atomic mass is 10.1. The Morgan fingerprint density at radius 1 is 0.963 bits per heavy atom. The quantitative estimate of drug-likeness (QED) is 0.652. The predicted molar refractivity (Wildman–Crippen MR) is 101 cm³/mol. The normalized spacial score (nSPS) is 10.4. The van der Waals surface area contributed by atoms with Crippen molar-refractivity contribution in [2.24, 2.45) is 0 Å². The number of nitrogens with one attached hydrogen (secondary N) is 1. The Bertz CT molecular complexity index is 909. The number of rotatable bonds is 8. The van der Waals surface area contributed by atoms with Crippen molar-refractivity contribution in [2.75, 3.05) is 5.32 Å². The molecular weight excluding hydrogens is 342 g/mol. The summed E-state index contributed by atoms with van der Waals surface area (Å²) in [4.78, 5) is 19.5. The average Bonchev–Trinajstić information content (AvgIpc) is 2.69. The second kappa shape index (κ2) is 8.70. The lowest BCUT2D eigenvalue weighted by Crippen LogP contribution is -2.02. The topological polar surface area (TPSA) is 106 Å². The number of aromatic nitrogens is 6. The molecular formula is C19H19N7O. The van der Waals surface area contributed by atoms with Crippen LogP contribution in [-0.2, 0) is 4.79 Å². The van der Waals surface area contributed by atoms with Gasteiger partial charge in [0, 0.05) is 18.3 Å². The summed E-state index contributed by atoms with van der Waals surface area (Å²) in [6.07, 6.45) is 5.40. The maximum Gasteiger partial charge on any atom is 0.221 e. The molecule has 3 rings (SSSR count). The van der Waals surface area contributed by atoms with E-state index < -0.39 is 0 Å². The maximum atomic E-state index is 11.0. The number of ketones is 1. The van der Waals surface area contributed by atoms with Gasteiger partial charge in [0.2, 0.25) is 11.6 Å². The van der Waals surface area contributed by atoms with Gasteiger partial charge in [-0.1, -0.05) is 12.6 Å². The second-order valence-electron chi connectivity index (χ2n) is 5.98. The molecule has 0 spiro atoms. The summed E-state index contributed by atoms with van der Waals surface area (Å²) in [5, 5.41) is 19.5. The number of allylic oxidation sites excluding steroid dienone is 1. The van der Waals surface area contributed by atoms with Gasteiger partial charge in [-0.25, -0.2) is 0 Å². The molecule has 0 atom stereocenters. The summed E-state index contributed by atoms with van der Waals surface area (Å²) in [6, 6.07) is 9.09. The van der Waals surface area contributed by atoms with E-state index >= 15 is 0 Å². The van der Waals surface area contributed by atoms with E-state index in [1.165, 1.54) is 0 Å². The number of carbonyl (C=O) groups excluding carboxylic acids is 1. The van der Waals surface area contributed by atoms with E-state index in [0.29, 0.717) is 29.5 Å². The van der Waals surface area contributed by atoms with Crippen molar-refractivity contribution >= 4 is 11.5 Å². The summed E-state index contributed by atoms with van der Waals surface area (Å²) in [7, 11) is 0. The molecule has 0 saturated heterocycles. The lowest BCUT2D eigenvalue weighted by molar-refractivity contribution is -0.117. The molecule has 0 unspecified atom stereocenters. The Kier molecular flexibility index (Phi) is 5.88. The number of pyridine rings is 2. The smallest absolute Gasteiger partial charge is 0.221 e. The first kappa shape index (κ1) is 18.2. The summed E-state index contributed by atoms with van der Waals surface area (Å²) < 4.78 is 0. The molecule has 0 aliphatic heterocycles. The second-order valence-corrected chi connectivity index (χ2v) is 5.98. The minimum atomic E-state index is 0.185. The summed E-state index contributed by atoms with van der Waals surface area (Å²) in [6.45, 7) is 5.56. The first-order valence-corrected chi connectivity index (χ1v) is 8.51.